The summed E-state index contributed by atoms with van der Waals surface area (Å²) >= 11 is 0. The first-order chi connectivity index (χ1) is 42.5. The molecule has 0 aromatic heterocycles. The van der Waals surface area contributed by atoms with Crippen LogP contribution in [0.25, 0.3) is 0 Å². The van der Waals surface area contributed by atoms with E-state index in [0.717, 1.165) is 27.7 Å². The van der Waals surface area contributed by atoms with Gasteiger partial charge in [-0.15, -0.1) is 0 Å². The summed E-state index contributed by atoms with van der Waals surface area (Å²) in [5, 5.41) is 218. The maximum atomic E-state index is 12.7. The van der Waals surface area contributed by atoms with Gasteiger partial charge in [-0.1, -0.05) is 0 Å². The number of aliphatic hydroxyl groups excluding tert-OH is 19. The van der Waals surface area contributed by atoms with Crippen molar-refractivity contribution >= 4 is 23.6 Å². The maximum Gasteiger partial charge on any atom is 0.217 e. The molecule has 0 aromatic rings. The minimum Gasteiger partial charge on any atom is -0.394 e. The first-order valence-electron chi connectivity index (χ1n) is 28.6. The third-order valence-electron chi connectivity index (χ3n) is 16.1. The van der Waals surface area contributed by atoms with Crippen LogP contribution in [0.15, 0.2) is 0 Å². The Morgan fingerprint density at radius 3 is 0.900 bits per heavy atom. The average Bonchev–Trinajstić information content (AvgIpc) is 0.913. The lowest BCUT2D eigenvalue weighted by Crippen LogP contribution is -2.71. The molecule has 7 rings (SSSR count). The van der Waals surface area contributed by atoms with E-state index in [4.69, 9.17) is 61.6 Å². The Morgan fingerprint density at radius 2 is 0.567 bits per heavy atom. The fourth-order valence-electron chi connectivity index (χ4n) is 11.5. The third-order valence-corrected chi connectivity index (χ3v) is 16.1. The molecule has 0 spiro atoms. The van der Waals surface area contributed by atoms with Crippen LogP contribution in [0.5, 0.6) is 0 Å². The molecule has 4 amide bonds. The van der Waals surface area contributed by atoms with E-state index < -0.39 is 285 Å². The zero-order valence-electron chi connectivity index (χ0n) is 48.6. The molecule has 90 heavy (non-hydrogen) atoms. The molecule has 0 saturated carbocycles. The zero-order valence-corrected chi connectivity index (χ0v) is 48.6. The number of rotatable bonds is 23. The van der Waals surface area contributed by atoms with Gasteiger partial charge < -0.3 is 180 Å². The largest absolute Gasteiger partial charge is 0.394 e. The van der Waals surface area contributed by atoms with Gasteiger partial charge in [0.15, 0.2) is 44.0 Å². The second kappa shape index (κ2) is 32.4. The van der Waals surface area contributed by atoms with E-state index >= 15 is 0 Å². The Hall–Kier alpha value is -3.40. The van der Waals surface area contributed by atoms with Crippen LogP contribution in [0.2, 0.25) is 0 Å². The van der Waals surface area contributed by atoms with Gasteiger partial charge in [-0.3, -0.25) is 19.2 Å². The number of aliphatic hydroxyl groups is 19. The highest BCUT2D eigenvalue weighted by molar-refractivity contribution is 5.74. The lowest BCUT2D eigenvalue weighted by atomic mass is 9.94. The quantitative estimate of drug-likeness (QED) is 0.0452. The Kier molecular flexibility index (Phi) is 26.6. The minimum atomic E-state index is -2.48. The number of amides is 4. The molecular formula is C50H84N4O36. The molecule has 520 valence electrons. The van der Waals surface area contributed by atoms with E-state index in [2.05, 4.69) is 21.3 Å². The minimum absolute atomic E-state index is 0.811. The van der Waals surface area contributed by atoms with Crippen molar-refractivity contribution in [2.24, 2.45) is 0 Å². The van der Waals surface area contributed by atoms with Crippen LogP contribution in [0.3, 0.4) is 0 Å². The molecule has 7 aliphatic heterocycles. The summed E-state index contributed by atoms with van der Waals surface area (Å²) in [7, 11) is 0. The standard InChI is InChI=1S/C50H84N4O36/c1-12(61)51-23-32(70)27(65)16(5-55)80-45(23)86-39-21(10-60)85-50(43(37(39)75)90-48-26(54-15(4)64)35(73)30(68)19(8-58)83-48)88-41-38(76)44(77)79-22(40(41)87-46-24(52-13(2)62)33(71)28(66)17(6-56)81-46)11-78-49-42(36(74)31(69)20(9-59)84-49)89-47-25(53-14(3)63)34(72)29(67)18(7-57)82-47/h16-50,55-60,65-77H,5-11H2,1-4H3,(H,51,61)(H,52,62)(H,53,63)(H,54,64)/t16-,17-,18-,19-,20-,21-,22-,23-,24-,25-,26-,27-,28-,29-,30-,31-,32-,33-,34-,35-,36+,37+,38+,39-,40-,41-,42+,43+,44-,45+,46+,47+,48+,49+,50-/m1/s1. The van der Waals surface area contributed by atoms with Crippen molar-refractivity contribution < 1.29 is 178 Å². The summed E-state index contributed by atoms with van der Waals surface area (Å²) < 4.78 is 78.0. The lowest BCUT2D eigenvalue weighted by molar-refractivity contribution is -0.404. The molecule has 40 nitrogen and oxygen atoms in total. The van der Waals surface area contributed by atoms with Crippen molar-refractivity contribution in [2.75, 3.05) is 46.2 Å². The van der Waals surface area contributed by atoms with Crippen LogP contribution >= 0.6 is 0 Å². The topological polar surface area (TPSA) is 621 Å². The number of ether oxygens (including phenoxy) is 13. The molecule has 0 aromatic carbocycles. The Morgan fingerprint density at radius 1 is 0.289 bits per heavy atom. The van der Waals surface area contributed by atoms with Gasteiger partial charge >= 0.3 is 0 Å². The Balaban J connectivity index is 1.31. The van der Waals surface area contributed by atoms with E-state index in [0.29, 0.717) is 0 Å². The van der Waals surface area contributed by atoms with Crippen molar-refractivity contribution in [1.29, 1.82) is 0 Å². The molecule has 0 radical (unpaired) electrons. The van der Waals surface area contributed by atoms with Crippen LogP contribution in [0, 0.1) is 0 Å². The van der Waals surface area contributed by atoms with Crippen molar-refractivity contribution in [3.8, 4) is 0 Å². The van der Waals surface area contributed by atoms with Gasteiger partial charge in [-0.05, 0) is 0 Å². The Bertz CT molecular complexity index is 2310. The van der Waals surface area contributed by atoms with Crippen molar-refractivity contribution in [1.82, 2.24) is 21.3 Å². The first kappa shape index (κ1) is 74.0. The highest BCUT2D eigenvalue weighted by atomic mass is 16.8. The molecule has 23 N–H and O–H groups in total. The van der Waals surface area contributed by atoms with Crippen molar-refractivity contribution in [3.05, 3.63) is 0 Å². The molecule has 7 fully saturated rings. The van der Waals surface area contributed by atoms with Crippen LogP contribution in [-0.2, 0) is 80.8 Å². The summed E-state index contributed by atoms with van der Waals surface area (Å²) in [6.45, 7) is -3.33. The monoisotopic (exact) mass is 1320 g/mol. The van der Waals surface area contributed by atoms with Gasteiger partial charge in [0, 0.05) is 27.7 Å². The van der Waals surface area contributed by atoms with Gasteiger partial charge in [0.25, 0.3) is 0 Å². The third kappa shape index (κ3) is 16.4. The highest BCUT2D eigenvalue weighted by Crippen LogP contribution is 2.39. The van der Waals surface area contributed by atoms with Gasteiger partial charge in [-0.2, -0.15) is 0 Å². The number of hydrogen-bond donors (Lipinski definition) is 23. The van der Waals surface area contributed by atoms with E-state index in [9.17, 15) is 116 Å². The van der Waals surface area contributed by atoms with Crippen molar-refractivity contribution in [3.63, 3.8) is 0 Å². The fraction of sp³-hybridized carbons (Fsp3) is 0.920. The molecule has 0 aliphatic carbocycles. The van der Waals surface area contributed by atoms with E-state index in [1.54, 1.807) is 0 Å². The summed E-state index contributed by atoms with van der Waals surface area (Å²) in [6, 6.07) is -7.06. The van der Waals surface area contributed by atoms with Crippen LogP contribution in [-0.4, -0.2) is 382 Å². The molecule has 35 atom stereocenters. The predicted octanol–water partition coefficient (Wildman–Crippen LogP) is -15.7. The van der Waals surface area contributed by atoms with Crippen LogP contribution in [0.4, 0.5) is 0 Å². The zero-order chi connectivity index (χ0) is 66.5. The molecule has 40 heteroatoms. The van der Waals surface area contributed by atoms with E-state index in [1.165, 1.54) is 0 Å². The number of nitrogens with one attached hydrogen (secondary N) is 4. The first-order valence-corrected chi connectivity index (χ1v) is 28.6. The highest BCUT2D eigenvalue weighted by Gasteiger charge is 2.60. The number of hydrogen-bond acceptors (Lipinski definition) is 36. The number of carbonyl (C=O) groups excluding carboxylic acids is 4. The molecule has 0 bridgehead atoms. The molecule has 7 aliphatic rings. The van der Waals surface area contributed by atoms with Gasteiger partial charge in [0.05, 0.1) is 46.2 Å². The normalized spacial score (nSPS) is 47.6. The SMILES string of the molecule is CC(=O)N[C@H]1[C@H](O[C@@H]2[C@@H](O[C@@H]3[C@H](O)[C@H](O)O[C@H](CO[C@H]4O[C@H](CO)[C@@H](O)[C@H](O)[C@@H]4O[C@@H]4O[C@H](CO)[C@@H](O)[C@H](O)[C@H]4NC(C)=O)[C@H]3O[C@@H]3O[C@H](CO)[C@@H](O)[C@H](O)[C@H]3NC(C)=O)O[C@H](CO)[C@@H](O[C@@H]3O[C@H](CO)[C@@H](O)[C@H](O)[C@H]3NC(C)=O)[C@@H]2O)O[C@H](CO)[C@@H](O)[C@@H]1O. The summed E-state index contributed by atoms with van der Waals surface area (Å²) in [6.07, 6.45) is -63.0. The second-order valence-corrected chi connectivity index (χ2v) is 22.5. The van der Waals surface area contributed by atoms with Crippen LogP contribution < -0.4 is 21.3 Å². The smallest absolute Gasteiger partial charge is 0.217 e. The number of carbonyl (C=O) groups is 4. The maximum absolute atomic E-state index is 12.7. The molecule has 7 saturated heterocycles. The van der Waals surface area contributed by atoms with Crippen LogP contribution in [0.1, 0.15) is 27.7 Å². The fourth-order valence-corrected chi connectivity index (χ4v) is 11.5. The summed E-state index contributed by atoms with van der Waals surface area (Å²) in [4.78, 5) is 50.0. The summed E-state index contributed by atoms with van der Waals surface area (Å²) in [5.41, 5.74) is 0. The van der Waals surface area contributed by atoms with Crippen molar-refractivity contribution in [2.45, 2.75) is 242 Å². The lowest BCUT2D eigenvalue weighted by Gasteiger charge is -2.52. The molecular weight excluding hydrogens is 1230 g/mol. The van der Waals surface area contributed by atoms with E-state index in [-0.39, 0.29) is 0 Å². The van der Waals surface area contributed by atoms with Gasteiger partial charge in [-0.25, -0.2) is 0 Å². The van der Waals surface area contributed by atoms with E-state index in [1.807, 2.05) is 0 Å². The molecule has 7 heterocycles. The average molecular weight is 1320 g/mol. The second-order valence-electron chi connectivity index (χ2n) is 22.5. The molecule has 0 unspecified atom stereocenters. The summed E-state index contributed by atoms with van der Waals surface area (Å²) in [5.74, 6) is -3.41. The van der Waals surface area contributed by atoms with Gasteiger partial charge in [0.1, 0.15) is 171 Å². The Labute approximate surface area is 510 Å². The predicted molar refractivity (Wildman–Crippen MR) is 278 cm³/mol. The van der Waals surface area contributed by atoms with Gasteiger partial charge in [0.2, 0.25) is 23.6 Å².